The van der Waals surface area contributed by atoms with Crippen LogP contribution in [-0.2, 0) is 3.79 Å². The molecule has 0 rings (SSSR count). The van der Waals surface area contributed by atoms with Crippen molar-refractivity contribution in [2.45, 2.75) is 12.2 Å². The molecule has 1 nitrogen and oxygen atoms in total. The van der Waals surface area contributed by atoms with Crippen LogP contribution in [0.15, 0.2) is 0 Å². The van der Waals surface area contributed by atoms with Crippen LogP contribution < -0.4 is 0 Å². The minimum atomic E-state index is 0.315. The van der Waals surface area contributed by atoms with E-state index in [4.69, 9.17) is 3.79 Å². The van der Waals surface area contributed by atoms with Crippen LogP contribution in [0.4, 0.5) is 0 Å². The second kappa shape index (κ2) is 4.49. The molecule has 0 heterocycles. The van der Waals surface area contributed by atoms with Gasteiger partial charge in [0, 0.05) is 7.11 Å². The van der Waals surface area contributed by atoms with Crippen LogP contribution in [0.25, 0.3) is 0 Å². The fourth-order valence-corrected chi connectivity index (χ4v) is 0.500. The first kappa shape index (κ1) is 5.49. The van der Waals surface area contributed by atoms with E-state index in [0.29, 0.717) is 15.6 Å². The number of hydrogen-bond donors (Lipinski definition) is 0. The Hall–Kier alpha value is 0.492. The first-order chi connectivity index (χ1) is 2.41. The smallest absolute Gasteiger partial charge is 0.422 e. The first-order valence-corrected chi connectivity index (χ1v) is 3.05. The van der Waals surface area contributed by atoms with Gasteiger partial charge in [-0.3, -0.25) is 0 Å². The molecular weight excluding hydrogens is 79.0 g/mol. The van der Waals surface area contributed by atoms with Gasteiger partial charge in [0.25, 0.3) is 0 Å². The molecule has 0 spiro atoms. The van der Waals surface area contributed by atoms with Crippen molar-refractivity contribution in [1.82, 2.24) is 0 Å². The predicted molar refractivity (Wildman–Crippen MR) is 23.2 cm³/mol. The second-order valence-electron chi connectivity index (χ2n) is 0.811. The van der Waals surface area contributed by atoms with Crippen LogP contribution in [0.2, 0.25) is 5.28 Å². The zero-order valence-corrected chi connectivity index (χ0v) is 4.85. The Morgan fingerprint density at radius 2 is 2.40 bits per heavy atom. The summed E-state index contributed by atoms with van der Waals surface area (Å²) in [5, 5.41) is 1.20. The molecule has 1 radical (unpaired) electrons. The monoisotopic (exact) mass is 87.0 g/mol. The number of hydrogen-bond acceptors (Lipinski definition) is 1. The van der Waals surface area contributed by atoms with Crippen LogP contribution in [0, 0.1) is 0 Å². The molecule has 0 saturated carbocycles. The van der Waals surface area contributed by atoms with E-state index in [1.165, 1.54) is 5.28 Å². The van der Waals surface area contributed by atoms with Gasteiger partial charge in [0.2, 0.25) is 0 Å². The lowest BCUT2D eigenvalue weighted by Gasteiger charge is -1.80. The maximum absolute atomic E-state index is 4.77. The average molecular weight is 87.1 g/mol. The maximum atomic E-state index is 4.77. The van der Waals surface area contributed by atoms with E-state index in [2.05, 4.69) is 6.92 Å². The third-order valence-corrected chi connectivity index (χ3v) is 1.00. The summed E-state index contributed by atoms with van der Waals surface area (Å²) in [4.78, 5) is 0. The standard InChI is InChI=1S/C2H5.CH3O.Al/c2*1-2;/h1H2,2H3;1H3;/q;-1;+1. The molecule has 0 fully saturated rings. The van der Waals surface area contributed by atoms with Gasteiger partial charge >= 0.3 is 15.6 Å². The van der Waals surface area contributed by atoms with E-state index in [0.717, 1.165) is 0 Å². The molecule has 0 saturated heterocycles. The van der Waals surface area contributed by atoms with Crippen LogP contribution in [-0.4, -0.2) is 22.7 Å². The summed E-state index contributed by atoms with van der Waals surface area (Å²) in [5.41, 5.74) is 0. The molecule has 0 atom stereocenters. The van der Waals surface area contributed by atoms with Gasteiger partial charge in [-0.2, -0.15) is 0 Å². The lowest BCUT2D eigenvalue weighted by molar-refractivity contribution is 0.442. The molecule has 29 valence electrons. The van der Waals surface area contributed by atoms with Gasteiger partial charge in [0.15, 0.2) is 0 Å². The molecule has 2 heteroatoms. The van der Waals surface area contributed by atoms with E-state index in [1.54, 1.807) is 7.11 Å². The van der Waals surface area contributed by atoms with Crippen molar-refractivity contribution in [2.24, 2.45) is 0 Å². The molecule has 5 heavy (non-hydrogen) atoms. The summed E-state index contributed by atoms with van der Waals surface area (Å²) in [5.74, 6) is 0. The van der Waals surface area contributed by atoms with Crippen molar-refractivity contribution in [2.75, 3.05) is 7.11 Å². The van der Waals surface area contributed by atoms with Gasteiger partial charge in [0.05, 0.1) is 0 Å². The van der Waals surface area contributed by atoms with Crippen molar-refractivity contribution < 1.29 is 3.79 Å². The largest absolute Gasteiger partial charge is 0.509 e. The molecule has 0 aromatic carbocycles. The summed E-state index contributed by atoms with van der Waals surface area (Å²) >= 11 is 0.315. The SMILES string of the molecule is C[CH2][Al][O]C. The molecule has 0 unspecified atom stereocenters. The molecule has 0 aromatic heterocycles. The molecular formula is C3H8AlO. The Kier molecular flexibility index (Phi) is 4.93. The third kappa shape index (κ3) is 4.49. The topological polar surface area (TPSA) is 9.23 Å². The van der Waals surface area contributed by atoms with Gasteiger partial charge < -0.3 is 3.79 Å². The molecule has 0 aliphatic heterocycles. The summed E-state index contributed by atoms with van der Waals surface area (Å²) in [6, 6.07) is 0. The normalized spacial score (nSPS) is 7.60. The molecule has 0 bridgehead atoms. The molecule has 0 N–H and O–H groups in total. The van der Waals surface area contributed by atoms with Crippen LogP contribution in [0.5, 0.6) is 0 Å². The maximum Gasteiger partial charge on any atom is 0.422 e. The van der Waals surface area contributed by atoms with Gasteiger partial charge in [-0.15, -0.1) is 0 Å². The van der Waals surface area contributed by atoms with Crippen molar-refractivity contribution >= 4 is 15.6 Å². The zero-order chi connectivity index (χ0) is 4.12. The Labute approximate surface area is 39.4 Å². The summed E-state index contributed by atoms with van der Waals surface area (Å²) in [6.45, 7) is 2.12. The van der Waals surface area contributed by atoms with E-state index in [1.807, 2.05) is 0 Å². The van der Waals surface area contributed by atoms with E-state index >= 15 is 0 Å². The average Bonchev–Trinajstić information content (AvgIpc) is 1.41. The quantitative estimate of drug-likeness (QED) is 0.450. The molecule has 0 aliphatic carbocycles. The van der Waals surface area contributed by atoms with Gasteiger partial charge in [0.1, 0.15) is 0 Å². The van der Waals surface area contributed by atoms with Crippen LogP contribution in [0.1, 0.15) is 6.92 Å². The van der Waals surface area contributed by atoms with E-state index in [-0.39, 0.29) is 0 Å². The lowest BCUT2D eigenvalue weighted by Crippen LogP contribution is -1.86. The van der Waals surface area contributed by atoms with Gasteiger partial charge in [-0.05, 0) is 0 Å². The van der Waals surface area contributed by atoms with Gasteiger partial charge in [-0.1, -0.05) is 12.2 Å². The van der Waals surface area contributed by atoms with Crippen molar-refractivity contribution in [3.05, 3.63) is 0 Å². The fraction of sp³-hybridized carbons (Fsp3) is 1.00. The fourth-order valence-electron chi connectivity index (χ4n) is 0.167. The zero-order valence-electron chi connectivity index (χ0n) is 3.69. The summed E-state index contributed by atoms with van der Waals surface area (Å²) < 4.78 is 4.77. The Morgan fingerprint density at radius 3 is 2.40 bits per heavy atom. The number of rotatable bonds is 2. The summed E-state index contributed by atoms with van der Waals surface area (Å²) in [7, 11) is 1.75. The predicted octanol–water partition coefficient (Wildman–Crippen LogP) is 0.690. The Morgan fingerprint density at radius 1 is 1.80 bits per heavy atom. The van der Waals surface area contributed by atoms with Gasteiger partial charge in [-0.25, -0.2) is 0 Å². The molecule has 0 amide bonds. The van der Waals surface area contributed by atoms with Crippen molar-refractivity contribution in [3.8, 4) is 0 Å². The Bertz CT molecular complexity index is 14.4. The van der Waals surface area contributed by atoms with Crippen LogP contribution >= 0.6 is 0 Å². The minimum absolute atomic E-state index is 0.315. The highest BCUT2D eigenvalue weighted by Crippen LogP contribution is 1.68. The van der Waals surface area contributed by atoms with E-state index < -0.39 is 0 Å². The summed E-state index contributed by atoms with van der Waals surface area (Å²) in [6.07, 6.45) is 0. The van der Waals surface area contributed by atoms with E-state index in [9.17, 15) is 0 Å². The Balaban J connectivity index is 2.19. The van der Waals surface area contributed by atoms with Crippen molar-refractivity contribution in [1.29, 1.82) is 0 Å². The third-order valence-electron chi connectivity index (χ3n) is 0.333. The lowest BCUT2D eigenvalue weighted by atomic mass is 11.0. The second-order valence-corrected chi connectivity index (χ2v) is 2.43. The first-order valence-electron chi connectivity index (χ1n) is 1.76. The highest BCUT2D eigenvalue weighted by Gasteiger charge is 1.77. The highest BCUT2D eigenvalue weighted by molar-refractivity contribution is 6.26. The molecule has 0 aromatic rings. The minimum Gasteiger partial charge on any atom is -0.509 e. The van der Waals surface area contributed by atoms with Crippen LogP contribution in [0.3, 0.4) is 0 Å². The highest BCUT2D eigenvalue weighted by atomic mass is 27.1. The van der Waals surface area contributed by atoms with Crippen molar-refractivity contribution in [3.63, 3.8) is 0 Å². The molecule has 0 aliphatic rings.